The van der Waals surface area contributed by atoms with Crippen LogP contribution in [0, 0.1) is 0 Å². The van der Waals surface area contributed by atoms with Crippen molar-refractivity contribution in [3.05, 3.63) is 48.6 Å². The van der Waals surface area contributed by atoms with E-state index in [1.165, 1.54) is 6.08 Å². The summed E-state index contributed by atoms with van der Waals surface area (Å²) in [5, 5.41) is 1.76. The molecule has 1 amide bonds. The van der Waals surface area contributed by atoms with E-state index in [2.05, 4.69) is 13.5 Å². The van der Waals surface area contributed by atoms with Gasteiger partial charge in [-0.3, -0.25) is 4.79 Å². The number of benzene rings is 1. The molecule has 23 heavy (non-hydrogen) atoms. The third kappa shape index (κ3) is 7.04. The molecule has 0 aliphatic carbocycles. The number of amides is 1. The van der Waals surface area contributed by atoms with Crippen LogP contribution in [-0.4, -0.2) is 25.2 Å². The molecule has 1 N–H and O–H groups in total. The minimum absolute atomic E-state index is 0.218. The molecule has 0 atom stereocenters. The van der Waals surface area contributed by atoms with Crippen LogP contribution in [0.5, 0.6) is 5.75 Å². The molecule has 0 saturated carbocycles. The third-order valence-electron chi connectivity index (χ3n) is 2.93. The van der Waals surface area contributed by atoms with Gasteiger partial charge in [-0.2, -0.15) is 13.2 Å². The number of ether oxygens (including phenoxy) is 1. The second kappa shape index (κ2) is 9.02. The molecule has 1 aromatic rings. The Morgan fingerprint density at radius 3 is 2.78 bits per heavy atom. The number of unbranched alkanes of at least 4 members (excludes halogenated alkanes) is 1. The fraction of sp³-hybridized carbons (Fsp3) is 0.353. The quantitative estimate of drug-likeness (QED) is 0.576. The van der Waals surface area contributed by atoms with Gasteiger partial charge >= 0.3 is 12.1 Å². The van der Waals surface area contributed by atoms with Crippen molar-refractivity contribution >= 4 is 11.5 Å². The van der Waals surface area contributed by atoms with Crippen molar-refractivity contribution in [1.82, 2.24) is 5.32 Å². The van der Waals surface area contributed by atoms with Gasteiger partial charge in [-0.15, -0.1) is 0 Å². The largest absolute Gasteiger partial charge is 0.494 e. The molecule has 0 aliphatic rings. The first-order valence-corrected chi connectivity index (χ1v) is 7.28. The summed E-state index contributed by atoms with van der Waals surface area (Å²) in [5.41, 5.74) is 1.42. The topological polar surface area (TPSA) is 38.3 Å². The van der Waals surface area contributed by atoms with Gasteiger partial charge in [-0.05, 0) is 29.7 Å². The van der Waals surface area contributed by atoms with Crippen LogP contribution in [0.4, 0.5) is 13.2 Å². The molecular weight excluding hydrogens is 307 g/mol. The monoisotopic (exact) mass is 327 g/mol. The van der Waals surface area contributed by atoms with Gasteiger partial charge in [0, 0.05) is 6.54 Å². The van der Waals surface area contributed by atoms with Gasteiger partial charge in [0.1, 0.15) is 5.75 Å². The van der Waals surface area contributed by atoms with Crippen molar-refractivity contribution < 1.29 is 22.7 Å². The number of hydrogen-bond acceptors (Lipinski definition) is 2. The molecule has 0 saturated heterocycles. The van der Waals surface area contributed by atoms with Crippen molar-refractivity contribution in [3.63, 3.8) is 0 Å². The van der Waals surface area contributed by atoms with Crippen molar-refractivity contribution in [2.45, 2.75) is 25.9 Å². The van der Waals surface area contributed by atoms with E-state index in [0.29, 0.717) is 12.2 Å². The second-order valence-electron chi connectivity index (χ2n) is 4.87. The molecule has 3 nitrogen and oxygen atoms in total. The molecule has 0 bridgehead atoms. The van der Waals surface area contributed by atoms with E-state index in [4.69, 9.17) is 4.74 Å². The van der Waals surface area contributed by atoms with E-state index in [-0.39, 0.29) is 6.54 Å². The van der Waals surface area contributed by atoms with Crippen LogP contribution in [-0.2, 0) is 4.79 Å². The Hall–Kier alpha value is -2.24. The van der Waals surface area contributed by atoms with E-state index in [1.807, 2.05) is 24.3 Å². The van der Waals surface area contributed by atoms with E-state index in [9.17, 15) is 18.0 Å². The Bertz CT molecular complexity index is 565. The summed E-state index contributed by atoms with van der Waals surface area (Å²) in [6.45, 7) is 6.34. The maximum Gasteiger partial charge on any atom is 0.471 e. The maximum absolute atomic E-state index is 12.0. The zero-order valence-corrected chi connectivity index (χ0v) is 13.0. The first kappa shape index (κ1) is 18.8. The first-order chi connectivity index (χ1) is 10.8. The van der Waals surface area contributed by atoms with Gasteiger partial charge in [0.05, 0.1) is 6.61 Å². The summed E-state index contributed by atoms with van der Waals surface area (Å²) in [4.78, 5) is 10.6. The summed E-state index contributed by atoms with van der Waals surface area (Å²) in [6, 6.07) is 7.30. The van der Waals surface area contributed by atoms with Crippen LogP contribution in [0.3, 0.4) is 0 Å². The summed E-state index contributed by atoms with van der Waals surface area (Å²) in [6.07, 6.45) is 0.107. The molecule has 0 fully saturated rings. The SMILES string of the molecule is C=C(/C=C/CNC(=O)C(F)(F)F)c1cccc(OCCCC)c1. The highest BCUT2D eigenvalue weighted by molar-refractivity contribution is 5.81. The molecule has 0 radical (unpaired) electrons. The smallest absolute Gasteiger partial charge is 0.471 e. The van der Waals surface area contributed by atoms with Gasteiger partial charge in [-0.25, -0.2) is 0 Å². The third-order valence-corrected chi connectivity index (χ3v) is 2.93. The Morgan fingerprint density at radius 1 is 1.39 bits per heavy atom. The van der Waals surface area contributed by atoms with E-state index >= 15 is 0 Å². The number of rotatable bonds is 8. The predicted molar refractivity (Wildman–Crippen MR) is 84.1 cm³/mol. The summed E-state index contributed by atoms with van der Waals surface area (Å²) in [5.74, 6) is -1.24. The number of carbonyl (C=O) groups is 1. The highest BCUT2D eigenvalue weighted by Crippen LogP contribution is 2.20. The Kier molecular flexibility index (Phi) is 7.38. The lowest BCUT2D eigenvalue weighted by Gasteiger charge is -2.08. The molecule has 6 heteroatoms. The van der Waals surface area contributed by atoms with Crippen LogP contribution in [0.25, 0.3) is 5.57 Å². The number of carbonyl (C=O) groups excluding carboxylic acids is 1. The van der Waals surface area contributed by atoms with Crippen LogP contribution in [0.1, 0.15) is 25.3 Å². The van der Waals surface area contributed by atoms with Crippen molar-refractivity contribution in [3.8, 4) is 5.75 Å². The van der Waals surface area contributed by atoms with Gasteiger partial charge in [0.2, 0.25) is 0 Å². The first-order valence-electron chi connectivity index (χ1n) is 7.28. The van der Waals surface area contributed by atoms with Gasteiger partial charge in [0.15, 0.2) is 0 Å². The standard InChI is InChI=1S/C17H20F3NO2/c1-3-4-11-23-15-9-5-8-14(12-15)13(2)7-6-10-21-16(22)17(18,19)20/h5-9,12H,2-4,10-11H2,1H3,(H,21,22)/b7-6+. The zero-order valence-electron chi connectivity index (χ0n) is 13.0. The molecule has 1 rings (SSSR count). The summed E-state index contributed by atoms with van der Waals surface area (Å²) in [7, 11) is 0. The van der Waals surface area contributed by atoms with E-state index in [1.54, 1.807) is 11.4 Å². The number of hydrogen-bond donors (Lipinski definition) is 1. The normalized spacial score (nSPS) is 11.5. The van der Waals surface area contributed by atoms with Crippen LogP contribution in [0.15, 0.2) is 43.0 Å². The molecule has 0 heterocycles. The lowest BCUT2D eigenvalue weighted by atomic mass is 10.1. The molecule has 1 aromatic carbocycles. The Morgan fingerprint density at radius 2 is 2.13 bits per heavy atom. The van der Waals surface area contributed by atoms with E-state index < -0.39 is 12.1 Å². The average Bonchev–Trinajstić information content (AvgIpc) is 2.50. The Labute approximate surface area is 133 Å². The molecule has 126 valence electrons. The minimum Gasteiger partial charge on any atom is -0.494 e. The van der Waals surface area contributed by atoms with Gasteiger partial charge in [0.25, 0.3) is 0 Å². The summed E-state index contributed by atoms with van der Waals surface area (Å²) >= 11 is 0. The van der Waals surface area contributed by atoms with Gasteiger partial charge in [-0.1, -0.05) is 44.2 Å². The van der Waals surface area contributed by atoms with Crippen molar-refractivity contribution in [1.29, 1.82) is 0 Å². The minimum atomic E-state index is -4.87. The van der Waals surface area contributed by atoms with E-state index in [0.717, 1.165) is 24.2 Å². The van der Waals surface area contributed by atoms with Crippen LogP contribution < -0.4 is 10.1 Å². The predicted octanol–water partition coefficient (Wildman–Crippen LogP) is 4.11. The highest BCUT2D eigenvalue weighted by Gasteiger charge is 2.37. The number of alkyl halides is 3. The number of nitrogens with one attached hydrogen (secondary N) is 1. The molecular formula is C17H20F3NO2. The van der Waals surface area contributed by atoms with Crippen molar-refractivity contribution in [2.75, 3.05) is 13.2 Å². The maximum atomic E-state index is 12.0. The summed E-state index contributed by atoms with van der Waals surface area (Å²) < 4.78 is 41.6. The van der Waals surface area contributed by atoms with Crippen LogP contribution >= 0.6 is 0 Å². The highest BCUT2D eigenvalue weighted by atomic mass is 19.4. The zero-order chi connectivity index (χ0) is 17.3. The molecule has 0 aromatic heterocycles. The Balaban J connectivity index is 2.52. The second-order valence-corrected chi connectivity index (χ2v) is 4.87. The molecule has 0 spiro atoms. The fourth-order valence-corrected chi connectivity index (χ4v) is 1.67. The lowest BCUT2D eigenvalue weighted by Crippen LogP contribution is -2.36. The molecule has 0 unspecified atom stereocenters. The van der Waals surface area contributed by atoms with Gasteiger partial charge < -0.3 is 10.1 Å². The lowest BCUT2D eigenvalue weighted by molar-refractivity contribution is -0.173. The number of allylic oxidation sites excluding steroid dienone is 2. The fourth-order valence-electron chi connectivity index (χ4n) is 1.67. The number of halogens is 3. The van der Waals surface area contributed by atoms with Crippen LogP contribution in [0.2, 0.25) is 0 Å². The molecule has 0 aliphatic heterocycles. The van der Waals surface area contributed by atoms with Crippen molar-refractivity contribution in [2.24, 2.45) is 0 Å². The average molecular weight is 327 g/mol.